The number of nitrogens with zero attached hydrogens (tertiary/aromatic N) is 1. The Balaban J connectivity index is 2.03. The van der Waals surface area contributed by atoms with Gasteiger partial charge in [0.25, 0.3) is 0 Å². The predicted octanol–water partition coefficient (Wildman–Crippen LogP) is 2.20. The Morgan fingerprint density at radius 3 is 2.33 bits per heavy atom. The van der Waals surface area contributed by atoms with Gasteiger partial charge in [0.1, 0.15) is 0 Å². The van der Waals surface area contributed by atoms with Gasteiger partial charge in [-0.1, -0.05) is 30.3 Å². The third-order valence-corrected chi connectivity index (χ3v) is 3.31. The fraction of sp³-hybridized carbons (Fsp3) is 0.538. The summed E-state index contributed by atoms with van der Waals surface area (Å²) in [5, 5.41) is 10.2. The van der Waals surface area contributed by atoms with Crippen molar-refractivity contribution in [3.63, 3.8) is 0 Å². The second kappa shape index (κ2) is 4.77. The summed E-state index contributed by atoms with van der Waals surface area (Å²) in [6, 6.07) is 10.2. The van der Waals surface area contributed by atoms with Gasteiger partial charge in [0.2, 0.25) is 0 Å². The zero-order chi connectivity index (χ0) is 10.7. The first-order chi connectivity index (χ1) is 7.29. The van der Waals surface area contributed by atoms with Crippen molar-refractivity contribution in [1.82, 2.24) is 4.90 Å². The number of hydrogen-bond donors (Lipinski definition) is 1. The fourth-order valence-corrected chi connectivity index (χ4v) is 2.28. The molecule has 1 aromatic carbocycles. The summed E-state index contributed by atoms with van der Waals surface area (Å²) in [7, 11) is 0. The molecule has 0 aliphatic carbocycles. The highest BCUT2D eigenvalue weighted by atomic mass is 16.3. The molecule has 2 atom stereocenters. The number of aliphatic hydroxyl groups is 1. The van der Waals surface area contributed by atoms with Gasteiger partial charge in [-0.05, 0) is 38.4 Å². The van der Waals surface area contributed by atoms with E-state index in [-0.39, 0.29) is 12.1 Å². The quantitative estimate of drug-likeness (QED) is 0.817. The van der Waals surface area contributed by atoms with E-state index in [4.69, 9.17) is 0 Å². The smallest absolute Gasteiger partial charge is 0.0942 e. The molecule has 1 aliphatic rings. The van der Waals surface area contributed by atoms with Crippen molar-refractivity contribution in [3.8, 4) is 0 Å². The molecule has 2 heteroatoms. The molecule has 0 amide bonds. The van der Waals surface area contributed by atoms with Gasteiger partial charge in [-0.2, -0.15) is 0 Å². The summed E-state index contributed by atoms with van der Waals surface area (Å²) in [5.74, 6) is 0. The van der Waals surface area contributed by atoms with Gasteiger partial charge in [-0.25, -0.2) is 0 Å². The summed E-state index contributed by atoms with van der Waals surface area (Å²) >= 11 is 0. The van der Waals surface area contributed by atoms with Crippen molar-refractivity contribution in [3.05, 3.63) is 35.9 Å². The van der Waals surface area contributed by atoms with Gasteiger partial charge >= 0.3 is 0 Å². The Labute approximate surface area is 91.5 Å². The molecular weight excluding hydrogens is 186 g/mol. The third-order valence-electron chi connectivity index (χ3n) is 3.31. The highest BCUT2D eigenvalue weighted by Crippen LogP contribution is 2.23. The second-order valence-electron chi connectivity index (χ2n) is 4.34. The molecule has 1 aliphatic heterocycles. The van der Waals surface area contributed by atoms with Gasteiger partial charge in [0, 0.05) is 6.04 Å². The first kappa shape index (κ1) is 10.7. The number of aliphatic hydroxyl groups excluding tert-OH is 1. The van der Waals surface area contributed by atoms with E-state index in [0.29, 0.717) is 0 Å². The monoisotopic (exact) mass is 205 g/mol. The Kier molecular flexibility index (Phi) is 3.39. The molecule has 2 nitrogen and oxygen atoms in total. The molecule has 0 radical (unpaired) electrons. The van der Waals surface area contributed by atoms with Crippen LogP contribution < -0.4 is 0 Å². The SMILES string of the molecule is C[C@@H](C(O)c1ccccc1)N1CCCC1. The zero-order valence-electron chi connectivity index (χ0n) is 9.26. The van der Waals surface area contributed by atoms with Crippen LogP contribution in [0.25, 0.3) is 0 Å². The van der Waals surface area contributed by atoms with Crippen molar-refractivity contribution in [2.24, 2.45) is 0 Å². The van der Waals surface area contributed by atoms with E-state index >= 15 is 0 Å². The number of rotatable bonds is 3. The Morgan fingerprint density at radius 2 is 1.73 bits per heavy atom. The van der Waals surface area contributed by atoms with Crippen LogP contribution in [0.1, 0.15) is 31.4 Å². The highest BCUT2D eigenvalue weighted by Gasteiger charge is 2.24. The molecule has 0 saturated carbocycles. The Bertz CT molecular complexity index is 293. The minimum Gasteiger partial charge on any atom is -0.387 e. The fourth-order valence-electron chi connectivity index (χ4n) is 2.28. The normalized spacial score (nSPS) is 21.5. The van der Waals surface area contributed by atoms with E-state index in [0.717, 1.165) is 18.7 Å². The molecule has 82 valence electrons. The van der Waals surface area contributed by atoms with Crippen LogP contribution in [-0.2, 0) is 0 Å². The summed E-state index contributed by atoms with van der Waals surface area (Å²) < 4.78 is 0. The highest BCUT2D eigenvalue weighted by molar-refractivity contribution is 5.18. The van der Waals surface area contributed by atoms with Gasteiger partial charge in [0.15, 0.2) is 0 Å². The van der Waals surface area contributed by atoms with Gasteiger partial charge in [-0.3, -0.25) is 4.90 Å². The largest absolute Gasteiger partial charge is 0.387 e. The maximum absolute atomic E-state index is 10.2. The molecule has 15 heavy (non-hydrogen) atoms. The molecule has 1 saturated heterocycles. The summed E-state index contributed by atoms with van der Waals surface area (Å²) in [6.45, 7) is 4.37. The number of likely N-dealkylation sites (tertiary alicyclic amines) is 1. The van der Waals surface area contributed by atoms with Crippen molar-refractivity contribution in [1.29, 1.82) is 0 Å². The van der Waals surface area contributed by atoms with E-state index in [1.807, 2.05) is 30.3 Å². The molecule has 0 aromatic heterocycles. The number of benzene rings is 1. The van der Waals surface area contributed by atoms with Crippen LogP contribution in [-0.4, -0.2) is 29.1 Å². The summed E-state index contributed by atoms with van der Waals surface area (Å²) in [5.41, 5.74) is 1.02. The first-order valence-corrected chi connectivity index (χ1v) is 5.76. The first-order valence-electron chi connectivity index (χ1n) is 5.76. The van der Waals surface area contributed by atoms with Crippen LogP contribution in [0, 0.1) is 0 Å². The van der Waals surface area contributed by atoms with Gasteiger partial charge < -0.3 is 5.11 Å². The van der Waals surface area contributed by atoms with Crippen LogP contribution in [0.2, 0.25) is 0 Å². The molecule has 2 rings (SSSR count). The lowest BCUT2D eigenvalue weighted by Crippen LogP contribution is -2.35. The second-order valence-corrected chi connectivity index (χ2v) is 4.34. The van der Waals surface area contributed by atoms with E-state index in [9.17, 15) is 5.11 Å². The maximum Gasteiger partial charge on any atom is 0.0942 e. The molecule has 0 bridgehead atoms. The van der Waals surface area contributed by atoms with Crippen molar-refractivity contribution >= 4 is 0 Å². The minimum absolute atomic E-state index is 0.231. The maximum atomic E-state index is 10.2. The third kappa shape index (κ3) is 2.39. The van der Waals surface area contributed by atoms with E-state index in [2.05, 4.69) is 11.8 Å². The standard InChI is InChI=1S/C13H19NO/c1-11(14-9-5-6-10-14)13(15)12-7-3-2-4-8-12/h2-4,7-8,11,13,15H,5-6,9-10H2,1H3/t11-,13?/m0/s1. The van der Waals surface area contributed by atoms with Crippen molar-refractivity contribution in [2.45, 2.75) is 31.9 Å². The topological polar surface area (TPSA) is 23.5 Å². The van der Waals surface area contributed by atoms with Gasteiger partial charge in [-0.15, -0.1) is 0 Å². The predicted molar refractivity (Wildman–Crippen MR) is 61.7 cm³/mol. The van der Waals surface area contributed by atoms with Crippen LogP contribution in [0.15, 0.2) is 30.3 Å². The average molecular weight is 205 g/mol. The number of hydrogen-bond acceptors (Lipinski definition) is 2. The molecule has 1 aromatic rings. The van der Waals surface area contributed by atoms with E-state index in [1.165, 1.54) is 12.8 Å². The molecular formula is C13H19NO. The lowest BCUT2D eigenvalue weighted by Gasteiger charge is -2.28. The van der Waals surface area contributed by atoms with Crippen LogP contribution >= 0.6 is 0 Å². The van der Waals surface area contributed by atoms with Crippen LogP contribution in [0.3, 0.4) is 0 Å². The van der Waals surface area contributed by atoms with Crippen LogP contribution in [0.4, 0.5) is 0 Å². The van der Waals surface area contributed by atoms with Gasteiger partial charge in [0.05, 0.1) is 6.10 Å². The lowest BCUT2D eigenvalue weighted by atomic mass is 10.0. The van der Waals surface area contributed by atoms with E-state index < -0.39 is 0 Å². The zero-order valence-corrected chi connectivity index (χ0v) is 9.26. The minimum atomic E-state index is -0.357. The van der Waals surface area contributed by atoms with E-state index in [1.54, 1.807) is 0 Å². The molecule has 0 spiro atoms. The average Bonchev–Trinajstić information content (AvgIpc) is 2.82. The Morgan fingerprint density at radius 1 is 1.13 bits per heavy atom. The Hall–Kier alpha value is -0.860. The van der Waals surface area contributed by atoms with Crippen molar-refractivity contribution < 1.29 is 5.11 Å². The van der Waals surface area contributed by atoms with Crippen LogP contribution in [0.5, 0.6) is 0 Å². The molecule has 1 fully saturated rings. The molecule has 1 unspecified atom stereocenters. The lowest BCUT2D eigenvalue weighted by molar-refractivity contribution is 0.0716. The van der Waals surface area contributed by atoms with Crippen molar-refractivity contribution in [2.75, 3.05) is 13.1 Å². The summed E-state index contributed by atoms with van der Waals surface area (Å²) in [6.07, 6.45) is 2.18. The summed E-state index contributed by atoms with van der Waals surface area (Å²) in [4.78, 5) is 2.37. The molecule has 1 N–H and O–H groups in total. The molecule has 1 heterocycles.